The Bertz CT molecular complexity index is 408. The molecule has 1 aromatic rings. The topological polar surface area (TPSA) is 95.7 Å². The lowest BCUT2D eigenvalue weighted by Gasteiger charge is -2.01. The van der Waals surface area contributed by atoms with E-state index in [9.17, 15) is 8.42 Å². The van der Waals surface area contributed by atoms with E-state index in [1.54, 1.807) is 0 Å². The second-order valence-electron chi connectivity index (χ2n) is 2.11. The van der Waals surface area contributed by atoms with Crippen molar-refractivity contribution in [1.29, 1.82) is 5.26 Å². The van der Waals surface area contributed by atoms with E-state index >= 15 is 0 Å². The third-order valence-corrected chi connectivity index (χ3v) is 2.11. The Kier molecular flexibility index (Phi) is 2.76. The molecule has 0 aromatic carbocycles. The molecule has 0 saturated heterocycles. The van der Waals surface area contributed by atoms with Gasteiger partial charge in [-0.2, -0.15) is 5.26 Å². The summed E-state index contributed by atoms with van der Waals surface area (Å²) in [6.07, 6.45) is 4.03. The molecule has 0 aliphatic carbocycles. The van der Waals surface area contributed by atoms with Crippen molar-refractivity contribution in [2.75, 3.05) is 10.5 Å². The van der Waals surface area contributed by atoms with Gasteiger partial charge in [0.2, 0.25) is 10.0 Å². The van der Waals surface area contributed by atoms with Crippen LogP contribution in [0.25, 0.3) is 0 Å². The highest BCUT2D eigenvalue weighted by molar-refractivity contribution is 7.92. The second kappa shape index (κ2) is 3.82. The first-order valence-electron chi connectivity index (χ1n) is 3.27. The molecule has 0 saturated carbocycles. The van der Waals surface area contributed by atoms with Crippen molar-refractivity contribution < 1.29 is 8.42 Å². The zero-order valence-corrected chi connectivity index (χ0v) is 7.32. The van der Waals surface area contributed by atoms with E-state index in [0.717, 1.165) is 0 Å². The highest BCUT2D eigenvalue weighted by Gasteiger charge is 2.09. The number of nitrogens with zero attached hydrogens (tertiary/aromatic N) is 3. The summed E-state index contributed by atoms with van der Waals surface area (Å²) in [5.74, 6) is -0.485. The van der Waals surface area contributed by atoms with Gasteiger partial charge in [0.1, 0.15) is 0 Å². The number of aromatic nitrogens is 2. The lowest BCUT2D eigenvalue weighted by molar-refractivity contribution is 0.604. The van der Waals surface area contributed by atoms with Crippen LogP contribution in [0.2, 0.25) is 0 Å². The van der Waals surface area contributed by atoms with Crippen molar-refractivity contribution >= 4 is 15.8 Å². The number of anilines is 1. The normalized spacial score (nSPS) is 10.4. The van der Waals surface area contributed by atoms with Gasteiger partial charge in [-0.05, 0) is 0 Å². The molecule has 0 aliphatic heterocycles. The molecule has 6 nitrogen and oxygen atoms in total. The molecule has 1 heterocycles. The van der Waals surface area contributed by atoms with E-state index in [4.69, 9.17) is 5.26 Å². The quantitative estimate of drug-likeness (QED) is 0.721. The molecule has 0 fully saturated rings. The van der Waals surface area contributed by atoms with E-state index in [1.807, 2.05) is 0 Å². The zero-order valence-electron chi connectivity index (χ0n) is 6.51. The molecule has 7 heteroatoms. The van der Waals surface area contributed by atoms with Crippen LogP contribution in [0.3, 0.4) is 0 Å². The van der Waals surface area contributed by atoms with Gasteiger partial charge in [0.15, 0.2) is 11.6 Å². The van der Waals surface area contributed by atoms with Crippen LogP contribution in [-0.4, -0.2) is 24.1 Å². The molecule has 0 radical (unpaired) electrons. The van der Waals surface area contributed by atoms with E-state index < -0.39 is 15.8 Å². The molecule has 1 aromatic heterocycles. The van der Waals surface area contributed by atoms with Crippen molar-refractivity contribution in [2.24, 2.45) is 0 Å². The Morgan fingerprint density at radius 1 is 1.54 bits per heavy atom. The molecule has 13 heavy (non-hydrogen) atoms. The number of nitrogens with one attached hydrogen (secondary N) is 1. The molecule has 0 aliphatic rings. The van der Waals surface area contributed by atoms with Crippen LogP contribution in [0.5, 0.6) is 0 Å². The summed E-state index contributed by atoms with van der Waals surface area (Å²) in [4.78, 5) is 7.34. The highest BCUT2D eigenvalue weighted by atomic mass is 32.2. The fourth-order valence-corrected chi connectivity index (χ4v) is 1.30. The monoisotopic (exact) mass is 198 g/mol. The van der Waals surface area contributed by atoms with E-state index in [2.05, 4.69) is 14.7 Å². The number of hydrogen-bond acceptors (Lipinski definition) is 5. The van der Waals surface area contributed by atoms with E-state index in [-0.39, 0.29) is 5.82 Å². The molecule has 1 N–H and O–H groups in total. The fourth-order valence-electron chi connectivity index (χ4n) is 0.632. The zero-order chi connectivity index (χ0) is 9.73. The fraction of sp³-hybridized carbons (Fsp3) is 0.167. The average Bonchev–Trinajstić information content (AvgIpc) is 2.04. The minimum atomic E-state index is -3.60. The Balaban J connectivity index is 2.77. The van der Waals surface area contributed by atoms with E-state index in [1.165, 1.54) is 24.7 Å². The van der Waals surface area contributed by atoms with Gasteiger partial charge in [0, 0.05) is 12.4 Å². The standard InChI is InChI=1S/C6H6N4O2S/c7-1-4-13(11,12)10-6-5-8-2-3-9-6/h2-3,5H,4H2,(H,9,10). The Morgan fingerprint density at radius 2 is 2.31 bits per heavy atom. The van der Waals surface area contributed by atoms with Gasteiger partial charge >= 0.3 is 0 Å². The Morgan fingerprint density at radius 3 is 2.85 bits per heavy atom. The Labute approximate surface area is 75.3 Å². The van der Waals surface area contributed by atoms with Gasteiger partial charge in [-0.3, -0.25) is 9.71 Å². The number of hydrogen-bond donors (Lipinski definition) is 1. The van der Waals surface area contributed by atoms with Gasteiger partial charge in [-0.15, -0.1) is 0 Å². The van der Waals surface area contributed by atoms with Gasteiger partial charge in [0.25, 0.3) is 0 Å². The van der Waals surface area contributed by atoms with Crippen molar-refractivity contribution in [3.8, 4) is 6.07 Å². The van der Waals surface area contributed by atoms with Crippen LogP contribution in [0.4, 0.5) is 5.82 Å². The van der Waals surface area contributed by atoms with Gasteiger partial charge < -0.3 is 0 Å². The minimum absolute atomic E-state index is 0.109. The average molecular weight is 198 g/mol. The second-order valence-corrected chi connectivity index (χ2v) is 3.83. The molecule has 0 amide bonds. The summed E-state index contributed by atoms with van der Waals surface area (Å²) < 4.78 is 24.1. The maximum atomic E-state index is 11.0. The summed E-state index contributed by atoms with van der Waals surface area (Å²) in [6, 6.07) is 1.53. The maximum absolute atomic E-state index is 11.0. The third-order valence-electron chi connectivity index (χ3n) is 1.08. The molecule has 0 spiro atoms. The van der Waals surface area contributed by atoms with Crippen LogP contribution in [0.1, 0.15) is 0 Å². The number of nitriles is 1. The SMILES string of the molecule is N#CCS(=O)(=O)Nc1cnccn1. The Hall–Kier alpha value is -1.68. The molecule has 0 bridgehead atoms. The summed E-state index contributed by atoms with van der Waals surface area (Å²) in [5.41, 5.74) is 0. The minimum Gasteiger partial charge on any atom is -0.265 e. The van der Waals surface area contributed by atoms with Crippen molar-refractivity contribution in [1.82, 2.24) is 9.97 Å². The number of sulfonamides is 1. The predicted octanol–water partition coefficient (Wildman–Crippen LogP) is -0.258. The van der Waals surface area contributed by atoms with Crippen LogP contribution >= 0.6 is 0 Å². The summed E-state index contributed by atoms with van der Waals surface area (Å²) >= 11 is 0. The van der Waals surface area contributed by atoms with Crippen molar-refractivity contribution in [3.63, 3.8) is 0 Å². The first-order valence-corrected chi connectivity index (χ1v) is 4.93. The van der Waals surface area contributed by atoms with Crippen LogP contribution < -0.4 is 4.72 Å². The maximum Gasteiger partial charge on any atom is 0.247 e. The summed E-state index contributed by atoms with van der Waals surface area (Å²) in [7, 11) is -3.60. The van der Waals surface area contributed by atoms with Crippen LogP contribution in [0, 0.1) is 11.3 Å². The van der Waals surface area contributed by atoms with Gasteiger partial charge in [-0.25, -0.2) is 13.4 Å². The van der Waals surface area contributed by atoms with E-state index in [0.29, 0.717) is 0 Å². The van der Waals surface area contributed by atoms with Gasteiger partial charge in [-0.1, -0.05) is 0 Å². The molecular weight excluding hydrogens is 192 g/mol. The first kappa shape index (κ1) is 9.41. The molecular formula is C6H6N4O2S. The third kappa shape index (κ3) is 3.04. The molecule has 1 rings (SSSR count). The van der Waals surface area contributed by atoms with Crippen molar-refractivity contribution in [3.05, 3.63) is 18.6 Å². The molecule has 0 unspecified atom stereocenters. The van der Waals surface area contributed by atoms with Crippen LogP contribution in [0.15, 0.2) is 18.6 Å². The summed E-state index contributed by atoms with van der Waals surface area (Å²) in [5, 5.41) is 8.17. The smallest absolute Gasteiger partial charge is 0.247 e. The van der Waals surface area contributed by atoms with Gasteiger partial charge in [0.05, 0.1) is 12.3 Å². The van der Waals surface area contributed by atoms with Crippen LogP contribution in [-0.2, 0) is 10.0 Å². The lowest BCUT2D eigenvalue weighted by Crippen LogP contribution is -2.16. The molecule has 0 atom stereocenters. The van der Waals surface area contributed by atoms with Crippen molar-refractivity contribution in [2.45, 2.75) is 0 Å². The predicted molar refractivity (Wildman–Crippen MR) is 45.1 cm³/mol. The lowest BCUT2D eigenvalue weighted by atomic mass is 10.7. The molecule has 68 valence electrons. The largest absolute Gasteiger partial charge is 0.265 e. The number of rotatable bonds is 3. The summed E-state index contributed by atoms with van der Waals surface area (Å²) in [6.45, 7) is 0. The highest BCUT2D eigenvalue weighted by Crippen LogP contribution is 2.00. The first-order chi connectivity index (χ1) is 6.14.